The number of pyridine rings is 1. The molecule has 0 spiro atoms. The van der Waals surface area contributed by atoms with Crippen LogP contribution in [0.2, 0.25) is 0 Å². The van der Waals surface area contributed by atoms with Crippen molar-refractivity contribution in [3.63, 3.8) is 0 Å². The fourth-order valence-electron chi connectivity index (χ4n) is 1.41. The molecular formula is C10H7N5. The third kappa shape index (κ3) is 1.34. The van der Waals surface area contributed by atoms with Gasteiger partial charge in [-0.05, 0) is 6.07 Å². The van der Waals surface area contributed by atoms with Crippen molar-refractivity contribution in [2.75, 3.05) is 0 Å². The monoisotopic (exact) mass is 197 g/mol. The second kappa shape index (κ2) is 3.13. The SMILES string of the molecule is c1cc2nc(-c3cncnc3)[nH]c2cn1. The first kappa shape index (κ1) is 8.05. The minimum Gasteiger partial charge on any atom is -0.337 e. The van der Waals surface area contributed by atoms with Crippen molar-refractivity contribution in [1.29, 1.82) is 0 Å². The van der Waals surface area contributed by atoms with Gasteiger partial charge in [0.15, 0.2) is 0 Å². The minimum absolute atomic E-state index is 0.763. The Morgan fingerprint density at radius 3 is 2.67 bits per heavy atom. The van der Waals surface area contributed by atoms with Crippen molar-refractivity contribution in [3.05, 3.63) is 37.2 Å². The van der Waals surface area contributed by atoms with E-state index in [4.69, 9.17) is 0 Å². The van der Waals surface area contributed by atoms with Gasteiger partial charge >= 0.3 is 0 Å². The molecule has 3 aromatic rings. The Balaban J connectivity index is 2.21. The second-order valence-corrected chi connectivity index (χ2v) is 3.11. The number of imidazole rings is 1. The van der Waals surface area contributed by atoms with E-state index in [9.17, 15) is 0 Å². The number of fused-ring (bicyclic) bond motifs is 1. The topological polar surface area (TPSA) is 67.3 Å². The number of nitrogens with zero attached hydrogens (tertiary/aromatic N) is 4. The molecule has 5 nitrogen and oxygen atoms in total. The fourth-order valence-corrected chi connectivity index (χ4v) is 1.41. The van der Waals surface area contributed by atoms with Gasteiger partial charge in [-0.15, -0.1) is 0 Å². The van der Waals surface area contributed by atoms with E-state index in [0.717, 1.165) is 22.4 Å². The van der Waals surface area contributed by atoms with Crippen molar-refractivity contribution in [2.45, 2.75) is 0 Å². The predicted molar refractivity (Wildman–Crippen MR) is 54.9 cm³/mol. The second-order valence-electron chi connectivity index (χ2n) is 3.11. The summed E-state index contributed by atoms with van der Waals surface area (Å²) >= 11 is 0. The van der Waals surface area contributed by atoms with E-state index >= 15 is 0 Å². The van der Waals surface area contributed by atoms with Crippen LogP contribution in [0.1, 0.15) is 0 Å². The van der Waals surface area contributed by atoms with Gasteiger partial charge in [0.05, 0.1) is 22.8 Å². The van der Waals surface area contributed by atoms with E-state index < -0.39 is 0 Å². The molecule has 0 saturated heterocycles. The van der Waals surface area contributed by atoms with Gasteiger partial charge in [-0.2, -0.15) is 0 Å². The summed E-state index contributed by atoms with van der Waals surface area (Å²) in [4.78, 5) is 19.5. The third-order valence-electron chi connectivity index (χ3n) is 2.12. The number of hydrogen-bond donors (Lipinski definition) is 1. The van der Waals surface area contributed by atoms with Gasteiger partial charge in [0.25, 0.3) is 0 Å². The number of rotatable bonds is 1. The van der Waals surface area contributed by atoms with Gasteiger partial charge in [0.1, 0.15) is 12.2 Å². The summed E-state index contributed by atoms with van der Waals surface area (Å²) in [5.41, 5.74) is 2.67. The largest absolute Gasteiger partial charge is 0.337 e. The lowest BCUT2D eigenvalue weighted by atomic mass is 10.3. The standard InChI is InChI=1S/C10H7N5/c1-2-11-5-9-8(1)14-10(15-9)7-3-12-6-13-4-7/h1-6H,(H,14,15). The molecule has 0 fully saturated rings. The summed E-state index contributed by atoms with van der Waals surface area (Å²) in [6, 6.07) is 1.86. The van der Waals surface area contributed by atoms with Crippen molar-refractivity contribution in [1.82, 2.24) is 24.9 Å². The van der Waals surface area contributed by atoms with Gasteiger partial charge in [-0.25, -0.2) is 15.0 Å². The molecule has 0 atom stereocenters. The Morgan fingerprint density at radius 1 is 1.00 bits per heavy atom. The van der Waals surface area contributed by atoms with Gasteiger partial charge in [0, 0.05) is 18.6 Å². The average Bonchev–Trinajstić information content (AvgIpc) is 2.74. The van der Waals surface area contributed by atoms with E-state index in [0.29, 0.717) is 0 Å². The quantitative estimate of drug-likeness (QED) is 0.640. The first-order valence-electron chi connectivity index (χ1n) is 4.48. The summed E-state index contributed by atoms with van der Waals surface area (Å²) < 4.78 is 0. The van der Waals surface area contributed by atoms with Gasteiger partial charge < -0.3 is 4.98 Å². The van der Waals surface area contributed by atoms with Crippen LogP contribution in [-0.4, -0.2) is 24.9 Å². The van der Waals surface area contributed by atoms with Crippen molar-refractivity contribution >= 4 is 11.0 Å². The Morgan fingerprint density at radius 2 is 1.87 bits per heavy atom. The van der Waals surface area contributed by atoms with Gasteiger partial charge in [-0.3, -0.25) is 4.98 Å². The molecule has 0 bridgehead atoms. The van der Waals surface area contributed by atoms with Crippen LogP contribution < -0.4 is 0 Å². The highest BCUT2D eigenvalue weighted by molar-refractivity contribution is 5.77. The Labute approximate surface area is 85.3 Å². The zero-order valence-corrected chi connectivity index (χ0v) is 7.75. The van der Waals surface area contributed by atoms with Crippen LogP contribution in [0.5, 0.6) is 0 Å². The number of aromatic nitrogens is 5. The van der Waals surface area contributed by atoms with Crippen LogP contribution >= 0.6 is 0 Å². The van der Waals surface area contributed by atoms with Crippen LogP contribution in [0.4, 0.5) is 0 Å². The van der Waals surface area contributed by atoms with Crippen LogP contribution in [0.25, 0.3) is 22.4 Å². The lowest BCUT2D eigenvalue weighted by Gasteiger charge is -1.91. The maximum absolute atomic E-state index is 4.41. The van der Waals surface area contributed by atoms with Crippen LogP contribution in [0.15, 0.2) is 37.2 Å². The maximum Gasteiger partial charge on any atom is 0.141 e. The zero-order valence-electron chi connectivity index (χ0n) is 7.75. The smallest absolute Gasteiger partial charge is 0.141 e. The molecule has 1 N–H and O–H groups in total. The molecule has 72 valence electrons. The number of hydrogen-bond acceptors (Lipinski definition) is 4. The normalized spacial score (nSPS) is 10.7. The molecule has 3 rings (SSSR count). The molecule has 5 heteroatoms. The lowest BCUT2D eigenvalue weighted by Crippen LogP contribution is -1.83. The summed E-state index contributed by atoms with van der Waals surface area (Å²) in [5.74, 6) is 0.763. The van der Waals surface area contributed by atoms with Crippen LogP contribution in [0.3, 0.4) is 0 Å². The third-order valence-corrected chi connectivity index (χ3v) is 2.12. The van der Waals surface area contributed by atoms with E-state index in [2.05, 4.69) is 24.9 Å². The molecular weight excluding hydrogens is 190 g/mol. The van der Waals surface area contributed by atoms with E-state index in [1.165, 1.54) is 6.33 Å². The summed E-state index contributed by atoms with van der Waals surface area (Å²) in [6.45, 7) is 0. The molecule has 0 aliphatic carbocycles. The fraction of sp³-hybridized carbons (Fsp3) is 0. The van der Waals surface area contributed by atoms with Gasteiger partial charge in [-0.1, -0.05) is 0 Å². The van der Waals surface area contributed by atoms with Crippen LogP contribution in [-0.2, 0) is 0 Å². The molecule has 0 saturated carbocycles. The molecule has 0 aromatic carbocycles. The highest BCUT2D eigenvalue weighted by Crippen LogP contribution is 2.17. The zero-order chi connectivity index (χ0) is 10.1. The van der Waals surface area contributed by atoms with Gasteiger partial charge in [0.2, 0.25) is 0 Å². The van der Waals surface area contributed by atoms with E-state index in [1.54, 1.807) is 24.8 Å². The van der Waals surface area contributed by atoms with E-state index in [1.807, 2.05) is 6.07 Å². The molecule has 15 heavy (non-hydrogen) atoms. The van der Waals surface area contributed by atoms with E-state index in [-0.39, 0.29) is 0 Å². The Hall–Kier alpha value is -2.30. The minimum atomic E-state index is 0.763. The summed E-state index contributed by atoms with van der Waals surface area (Å²) in [6.07, 6.45) is 8.40. The number of H-pyrrole nitrogens is 1. The van der Waals surface area contributed by atoms with Crippen molar-refractivity contribution in [3.8, 4) is 11.4 Å². The van der Waals surface area contributed by atoms with Crippen molar-refractivity contribution < 1.29 is 0 Å². The Kier molecular flexibility index (Phi) is 1.68. The first-order chi connectivity index (χ1) is 7.43. The lowest BCUT2D eigenvalue weighted by molar-refractivity contribution is 1.15. The molecule has 3 heterocycles. The number of nitrogens with one attached hydrogen (secondary N) is 1. The average molecular weight is 197 g/mol. The number of aromatic amines is 1. The molecule has 0 unspecified atom stereocenters. The molecule has 0 aliphatic heterocycles. The highest BCUT2D eigenvalue weighted by atomic mass is 14.9. The summed E-state index contributed by atoms with van der Waals surface area (Å²) in [7, 11) is 0. The van der Waals surface area contributed by atoms with Crippen molar-refractivity contribution in [2.24, 2.45) is 0 Å². The maximum atomic E-state index is 4.41. The predicted octanol–water partition coefficient (Wildman–Crippen LogP) is 1.41. The molecule has 3 aromatic heterocycles. The van der Waals surface area contributed by atoms with Crippen LogP contribution in [0, 0.1) is 0 Å². The first-order valence-corrected chi connectivity index (χ1v) is 4.48. The Bertz CT molecular complexity index is 554. The summed E-state index contributed by atoms with van der Waals surface area (Å²) in [5, 5.41) is 0. The molecule has 0 aliphatic rings. The molecule has 0 amide bonds. The highest BCUT2D eigenvalue weighted by Gasteiger charge is 2.04. The molecule has 0 radical (unpaired) electrons.